The predicted octanol–water partition coefficient (Wildman–Crippen LogP) is 1.90. The van der Waals surface area contributed by atoms with Gasteiger partial charge in [-0.05, 0) is 12.8 Å². The van der Waals surface area contributed by atoms with Crippen molar-refractivity contribution in [2.24, 2.45) is 5.92 Å². The van der Waals surface area contributed by atoms with Crippen molar-refractivity contribution in [2.75, 3.05) is 13.1 Å². The lowest BCUT2D eigenvalue weighted by Crippen LogP contribution is -2.32. The smallest absolute Gasteiger partial charge is 0.223 e. The molecular weight excluding hydrogens is 162 g/mol. The second-order valence-corrected chi connectivity index (χ2v) is 3.33. The van der Waals surface area contributed by atoms with Gasteiger partial charge >= 0.3 is 0 Å². The molecule has 1 amide bonds. The number of hydrogen-bond donors (Lipinski definition) is 0. The van der Waals surface area contributed by atoms with E-state index in [2.05, 4.69) is 19.8 Å². The minimum atomic E-state index is 0.176. The maximum Gasteiger partial charge on any atom is 0.223 e. The molecule has 0 fully saturated rings. The van der Waals surface area contributed by atoms with Gasteiger partial charge in [-0.2, -0.15) is 0 Å². The van der Waals surface area contributed by atoms with E-state index in [-0.39, 0.29) is 5.91 Å². The Hall–Kier alpha value is -0.970. The lowest BCUT2D eigenvalue weighted by atomic mass is 10.0. The van der Waals surface area contributed by atoms with E-state index in [1.54, 1.807) is 4.90 Å². The largest absolute Gasteiger partial charge is 0.332 e. The van der Waals surface area contributed by atoms with Gasteiger partial charge in [0.15, 0.2) is 0 Å². The fourth-order valence-electron chi connectivity index (χ4n) is 1.06. The summed E-state index contributed by atoms with van der Waals surface area (Å²) in [4.78, 5) is 13.3. The summed E-state index contributed by atoms with van der Waals surface area (Å²) >= 11 is 0. The van der Waals surface area contributed by atoms with Crippen molar-refractivity contribution in [3.05, 3.63) is 0 Å². The average molecular weight is 181 g/mol. The van der Waals surface area contributed by atoms with Crippen molar-refractivity contribution in [1.82, 2.24) is 4.90 Å². The van der Waals surface area contributed by atoms with Crippen LogP contribution in [-0.4, -0.2) is 23.9 Å². The Balaban J connectivity index is 3.99. The van der Waals surface area contributed by atoms with E-state index in [9.17, 15) is 4.79 Å². The molecule has 0 saturated heterocycles. The Morgan fingerprint density at radius 2 is 2.15 bits per heavy atom. The fourth-order valence-corrected chi connectivity index (χ4v) is 1.06. The molecule has 13 heavy (non-hydrogen) atoms. The average Bonchev–Trinajstić information content (AvgIpc) is 2.13. The number of terminal acetylenes is 1. The Morgan fingerprint density at radius 3 is 2.54 bits per heavy atom. The molecule has 2 nitrogen and oxygen atoms in total. The Bertz CT molecular complexity index is 193. The van der Waals surface area contributed by atoms with Gasteiger partial charge in [0, 0.05) is 13.0 Å². The Morgan fingerprint density at radius 1 is 1.54 bits per heavy atom. The molecule has 0 aromatic rings. The second-order valence-electron chi connectivity index (χ2n) is 3.33. The maximum absolute atomic E-state index is 11.6. The van der Waals surface area contributed by atoms with E-state index in [0.717, 1.165) is 6.42 Å². The zero-order chi connectivity index (χ0) is 10.3. The van der Waals surface area contributed by atoms with Gasteiger partial charge in [0.25, 0.3) is 0 Å². The molecular formula is C11H19NO. The van der Waals surface area contributed by atoms with Gasteiger partial charge in [-0.1, -0.05) is 26.2 Å². The summed E-state index contributed by atoms with van der Waals surface area (Å²) < 4.78 is 0. The van der Waals surface area contributed by atoms with Crippen LogP contribution in [0.5, 0.6) is 0 Å². The first kappa shape index (κ1) is 12.0. The maximum atomic E-state index is 11.6. The van der Waals surface area contributed by atoms with Crippen molar-refractivity contribution in [3.8, 4) is 12.3 Å². The minimum Gasteiger partial charge on any atom is -0.332 e. The van der Waals surface area contributed by atoms with E-state index in [4.69, 9.17) is 6.42 Å². The number of rotatable bonds is 5. The van der Waals surface area contributed by atoms with Crippen LogP contribution in [0, 0.1) is 18.3 Å². The molecule has 1 atom stereocenters. The molecule has 0 N–H and O–H groups in total. The van der Waals surface area contributed by atoms with Gasteiger partial charge in [-0.15, -0.1) is 6.42 Å². The number of carbonyl (C=O) groups is 1. The third-order valence-electron chi connectivity index (χ3n) is 2.24. The summed E-state index contributed by atoms with van der Waals surface area (Å²) in [6, 6.07) is 0. The summed E-state index contributed by atoms with van der Waals surface area (Å²) in [5.41, 5.74) is 0. The molecule has 0 spiro atoms. The van der Waals surface area contributed by atoms with Crippen molar-refractivity contribution in [1.29, 1.82) is 0 Å². The molecule has 0 saturated carbocycles. The molecule has 0 aromatic carbocycles. The first-order chi connectivity index (χ1) is 6.15. The number of hydrogen-bond acceptors (Lipinski definition) is 1. The van der Waals surface area contributed by atoms with Crippen molar-refractivity contribution in [2.45, 2.75) is 33.6 Å². The van der Waals surface area contributed by atoms with E-state index < -0.39 is 0 Å². The van der Waals surface area contributed by atoms with Gasteiger partial charge in [0.1, 0.15) is 0 Å². The quantitative estimate of drug-likeness (QED) is 0.593. The Kier molecular flexibility index (Phi) is 6.05. The van der Waals surface area contributed by atoms with Gasteiger partial charge < -0.3 is 4.90 Å². The third kappa shape index (κ3) is 4.57. The molecule has 74 valence electrons. The van der Waals surface area contributed by atoms with Crippen molar-refractivity contribution < 1.29 is 4.79 Å². The van der Waals surface area contributed by atoms with E-state index in [1.165, 1.54) is 0 Å². The predicted molar refractivity (Wildman–Crippen MR) is 55.2 cm³/mol. The molecule has 0 rings (SSSR count). The van der Waals surface area contributed by atoms with E-state index in [1.807, 2.05) is 6.92 Å². The second kappa shape index (κ2) is 6.54. The van der Waals surface area contributed by atoms with Gasteiger partial charge in [-0.3, -0.25) is 4.79 Å². The lowest BCUT2D eigenvalue weighted by molar-refractivity contribution is -0.131. The van der Waals surface area contributed by atoms with Crippen LogP contribution in [0.25, 0.3) is 0 Å². The third-order valence-corrected chi connectivity index (χ3v) is 2.24. The molecule has 0 aliphatic carbocycles. The molecule has 0 aliphatic heterocycles. The number of carbonyl (C=O) groups excluding carboxylic acids is 1. The highest BCUT2D eigenvalue weighted by Gasteiger charge is 2.12. The van der Waals surface area contributed by atoms with E-state index >= 15 is 0 Å². The molecule has 2 heteroatoms. The monoisotopic (exact) mass is 181 g/mol. The van der Waals surface area contributed by atoms with Crippen molar-refractivity contribution in [3.63, 3.8) is 0 Å². The molecule has 0 bridgehead atoms. The lowest BCUT2D eigenvalue weighted by Gasteiger charge is -2.19. The van der Waals surface area contributed by atoms with Crippen LogP contribution in [0.2, 0.25) is 0 Å². The molecule has 0 radical (unpaired) electrons. The van der Waals surface area contributed by atoms with Gasteiger partial charge in [-0.25, -0.2) is 0 Å². The summed E-state index contributed by atoms with van der Waals surface area (Å²) in [7, 11) is 0. The SMILES string of the molecule is C#CCN(CC)C(=O)CC(C)CC. The van der Waals surface area contributed by atoms with Gasteiger partial charge in [0.2, 0.25) is 5.91 Å². The summed E-state index contributed by atoms with van der Waals surface area (Å²) in [5.74, 6) is 3.13. The number of amides is 1. The molecule has 0 aromatic heterocycles. The van der Waals surface area contributed by atoms with Gasteiger partial charge in [0.05, 0.1) is 6.54 Å². The van der Waals surface area contributed by atoms with Crippen LogP contribution in [0.4, 0.5) is 0 Å². The van der Waals surface area contributed by atoms with Crippen LogP contribution >= 0.6 is 0 Å². The zero-order valence-corrected chi connectivity index (χ0v) is 8.84. The van der Waals surface area contributed by atoms with Crippen LogP contribution in [0.1, 0.15) is 33.6 Å². The molecule has 1 unspecified atom stereocenters. The minimum absolute atomic E-state index is 0.176. The zero-order valence-electron chi connectivity index (χ0n) is 8.84. The highest BCUT2D eigenvalue weighted by atomic mass is 16.2. The first-order valence-electron chi connectivity index (χ1n) is 4.86. The van der Waals surface area contributed by atoms with Crippen LogP contribution < -0.4 is 0 Å². The summed E-state index contributed by atoms with van der Waals surface area (Å²) in [5, 5.41) is 0. The van der Waals surface area contributed by atoms with Crippen LogP contribution in [-0.2, 0) is 4.79 Å². The summed E-state index contributed by atoms with van der Waals surface area (Å²) in [6.45, 7) is 7.27. The fraction of sp³-hybridized carbons (Fsp3) is 0.727. The first-order valence-corrected chi connectivity index (χ1v) is 4.86. The van der Waals surface area contributed by atoms with E-state index in [0.29, 0.717) is 25.4 Å². The van der Waals surface area contributed by atoms with Crippen LogP contribution in [0.15, 0.2) is 0 Å². The highest BCUT2D eigenvalue weighted by molar-refractivity contribution is 5.76. The number of nitrogens with zero attached hydrogens (tertiary/aromatic N) is 1. The molecule has 0 heterocycles. The Labute approximate surface area is 81.3 Å². The normalized spacial score (nSPS) is 11.8. The highest BCUT2D eigenvalue weighted by Crippen LogP contribution is 2.08. The molecule has 0 aliphatic rings. The standard InChI is InChI=1S/C11H19NO/c1-5-8-12(7-3)11(13)9-10(4)6-2/h1,10H,6-9H2,2-4H3. The van der Waals surface area contributed by atoms with Crippen LogP contribution in [0.3, 0.4) is 0 Å². The van der Waals surface area contributed by atoms with Crippen molar-refractivity contribution >= 4 is 5.91 Å². The topological polar surface area (TPSA) is 20.3 Å². The summed E-state index contributed by atoms with van der Waals surface area (Å²) in [6.07, 6.45) is 6.82.